The van der Waals surface area contributed by atoms with Crippen LogP contribution in [0.1, 0.15) is 41.6 Å². The maximum atomic E-state index is 13.7. The number of carboxylic acid groups (broad SMARTS) is 1. The van der Waals surface area contributed by atoms with Crippen molar-refractivity contribution in [1.29, 1.82) is 0 Å². The first-order valence-corrected chi connectivity index (χ1v) is 7.05. The van der Waals surface area contributed by atoms with Crippen molar-refractivity contribution in [3.63, 3.8) is 0 Å². The number of halogens is 1. The highest BCUT2D eigenvalue weighted by Gasteiger charge is 2.18. The van der Waals surface area contributed by atoms with Crippen molar-refractivity contribution in [2.45, 2.75) is 25.7 Å². The summed E-state index contributed by atoms with van der Waals surface area (Å²) in [7, 11) is 0. The van der Waals surface area contributed by atoms with E-state index in [9.17, 15) is 14.0 Å². The average molecular weight is 291 g/mol. The van der Waals surface area contributed by atoms with Gasteiger partial charge in [0.25, 0.3) is 5.91 Å². The molecule has 1 aromatic carbocycles. The molecule has 0 aromatic heterocycles. The Labute approximate surface area is 122 Å². The van der Waals surface area contributed by atoms with Crippen LogP contribution in [0.5, 0.6) is 0 Å². The fourth-order valence-corrected chi connectivity index (χ4v) is 2.25. The van der Waals surface area contributed by atoms with Crippen molar-refractivity contribution in [3.05, 3.63) is 41.2 Å². The Morgan fingerprint density at radius 3 is 2.76 bits per heavy atom. The van der Waals surface area contributed by atoms with Gasteiger partial charge >= 0.3 is 5.97 Å². The van der Waals surface area contributed by atoms with E-state index in [4.69, 9.17) is 5.11 Å². The highest BCUT2D eigenvalue weighted by molar-refractivity contribution is 5.95. The number of hydrogen-bond acceptors (Lipinski definition) is 2. The third kappa shape index (κ3) is 4.41. The number of benzene rings is 1. The standard InChI is InChI=1S/C16H18FNO3/c17-14-6-4-12(5-7-15(19)20)10-13(14)16(21)18-9-8-11-2-1-3-11/h4-7,10-11H,1-3,8-9H2,(H,18,21)(H,19,20)/b7-5+. The van der Waals surface area contributed by atoms with Gasteiger partial charge < -0.3 is 10.4 Å². The second-order valence-corrected chi connectivity index (χ2v) is 5.25. The van der Waals surface area contributed by atoms with Gasteiger partial charge in [0.1, 0.15) is 5.82 Å². The van der Waals surface area contributed by atoms with E-state index in [2.05, 4.69) is 5.32 Å². The van der Waals surface area contributed by atoms with Crippen molar-refractivity contribution in [3.8, 4) is 0 Å². The van der Waals surface area contributed by atoms with E-state index >= 15 is 0 Å². The summed E-state index contributed by atoms with van der Waals surface area (Å²) in [6, 6.07) is 3.95. The van der Waals surface area contributed by atoms with Crippen LogP contribution < -0.4 is 5.32 Å². The Bertz CT molecular complexity index is 565. The number of nitrogens with one attached hydrogen (secondary N) is 1. The lowest BCUT2D eigenvalue weighted by Gasteiger charge is -2.25. The molecule has 1 amide bonds. The van der Waals surface area contributed by atoms with Crippen molar-refractivity contribution >= 4 is 18.0 Å². The summed E-state index contributed by atoms with van der Waals surface area (Å²) >= 11 is 0. The van der Waals surface area contributed by atoms with Gasteiger partial charge in [0.15, 0.2) is 0 Å². The lowest BCUT2D eigenvalue weighted by atomic mass is 9.83. The molecule has 2 rings (SSSR count). The van der Waals surface area contributed by atoms with Gasteiger partial charge in [0.05, 0.1) is 5.56 Å². The van der Waals surface area contributed by atoms with Crippen molar-refractivity contribution in [2.24, 2.45) is 5.92 Å². The average Bonchev–Trinajstić information content (AvgIpc) is 2.40. The minimum Gasteiger partial charge on any atom is -0.478 e. The van der Waals surface area contributed by atoms with Gasteiger partial charge in [-0.15, -0.1) is 0 Å². The maximum absolute atomic E-state index is 13.7. The first kappa shape index (κ1) is 15.2. The predicted octanol–water partition coefficient (Wildman–Crippen LogP) is 2.84. The van der Waals surface area contributed by atoms with Crippen LogP contribution in [0.4, 0.5) is 4.39 Å². The highest BCUT2D eigenvalue weighted by Crippen LogP contribution is 2.28. The summed E-state index contributed by atoms with van der Waals surface area (Å²) in [5, 5.41) is 11.3. The molecule has 112 valence electrons. The van der Waals surface area contributed by atoms with Crippen molar-refractivity contribution in [2.75, 3.05) is 6.54 Å². The normalized spacial score (nSPS) is 14.9. The van der Waals surface area contributed by atoms with Gasteiger partial charge in [-0.05, 0) is 36.1 Å². The molecule has 0 atom stereocenters. The van der Waals surface area contributed by atoms with Gasteiger partial charge in [-0.1, -0.05) is 25.3 Å². The van der Waals surface area contributed by atoms with E-state index in [1.165, 1.54) is 43.5 Å². The first-order valence-electron chi connectivity index (χ1n) is 7.05. The fraction of sp³-hybridized carbons (Fsp3) is 0.375. The van der Waals surface area contributed by atoms with E-state index in [0.29, 0.717) is 18.0 Å². The minimum absolute atomic E-state index is 0.0591. The summed E-state index contributed by atoms with van der Waals surface area (Å²) in [5.74, 6) is -1.48. The van der Waals surface area contributed by atoms with Crippen LogP contribution >= 0.6 is 0 Å². The Morgan fingerprint density at radius 2 is 2.14 bits per heavy atom. The Kier molecular flexibility index (Phi) is 5.09. The molecule has 1 aliphatic carbocycles. The quantitative estimate of drug-likeness (QED) is 0.792. The number of hydrogen-bond donors (Lipinski definition) is 2. The third-order valence-corrected chi connectivity index (χ3v) is 3.72. The molecule has 0 unspecified atom stereocenters. The number of amides is 1. The molecule has 0 heterocycles. The minimum atomic E-state index is -1.09. The van der Waals surface area contributed by atoms with Crippen LogP contribution in [0.2, 0.25) is 0 Å². The van der Waals surface area contributed by atoms with Crippen molar-refractivity contribution in [1.82, 2.24) is 5.32 Å². The first-order chi connectivity index (χ1) is 10.1. The van der Waals surface area contributed by atoms with E-state index in [1.54, 1.807) is 0 Å². The Hall–Kier alpha value is -2.17. The Morgan fingerprint density at radius 1 is 1.38 bits per heavy atom. The number of carbonyl (C=O) groups is 2. The molecular weight excluding hydrogens is 273 g/mol. The Balaban J connectivity index is 1.97. The molecule has 0 aliphatic heterocycles. The molecule has 2 N–H and O–H groups in total. The van der Waals surface area contributed by atoms with Gasteiger partial charge in [-0.25, -0.2) is 9.18 Å². The molecule has 1 fully saturated rings. The summed E-state index contributed by atoms with van der Waals surface area (Å²) in [5.41, 5.74) is 0.416. The molecule has 0 saturated heterocycles. The molecule has 21 heavy (non-hydrogen) atoms. The summed E-state index contributed by atoms with van der Waals surface area (Å²) in [6.45, 7) is 0.540. The summed E-state index contributed by atoms with van der Waals surface area (Å²) in [4.78, 5) is 22.4. The number of carboxylic acids is 1. The maximum Gasteiger partial charge on any atom is 0.328 e. The van der Waals surface area contributed by atoms with Crippen LogP contribution in [0, 0.1) is 11.7 Å². The number of rotatable bonds is 6. The van der Waals surface area contributed by atoms with Gasteiger partial charge in [0.2, 0.25) is 0 Å². The van der Waals surface area contributed by atoms with E-state index in [0.717, 1.165) is 12.5 Å². The largest absolute Gasteiger partial charge is 0.478 e. The van der Waals surface area contributed by atoms with Crippen LogP contribution in [0.15, 0.2) is 24.3 Å². The molecular formula is C16H18FNO3. The number of aliphatic carboxylic acids is 1. The van der Waals surface area contributed by atoms with E-state index < -0.39 is 17.7 Å². The van der Waals surface area contributed by atoms with E-state index in [1.807, 2.05) is 0 Å². The topological polar surface area (TPSA) is 66.4 Å². The molecule has 0 radical (unpaired) electrons. The predicted molar refractivity (Wildman–Crippen MR) is 77.4 cm³/mol. The van der Waals surface area contributed by atoms with Crippen LogP contribution in [-0.4, -0.2) is 23.5 Å². The molecule has 0 bridgehead atoms. The zero-order valence-corrected chi connectivity index (χ0v) is 11.6. The highest BCUT2D eigenvalue weighted by atomic mass is 19.1. The van der Waals surface area contributed by atoms with E-state index in [-0.39, 0.29) is 5.56 Å². The van der Waals surface area contributed by atoms with Gasteiger partial charge in [-0.2, -0.15) is 0 Å². The monoisotopic (exact) mass is 291 g/mol. The smallest absolute Gasteiger partial charge is 0.328 e. The third-order valence-electron chi connectivity index (χ3n) is 3.72. The number of carbonyl (C=O) groups excluding carboxylic acids is 1. The summed E-state index contributed by atoms with van der Waals surface area (Å²) < 4.78 is 13.7. The molecule has 5 heteroatoms. The zero-order valence-electron chi connectivity index (χ0n) is 11.6. The van der Waals surface area contributed by atoms with Gasteiger partial charge in [0, 0.05) is 12.6 Å². The fourth-order valence-electron chi connectivity index (χ4n) is 2.25. The zero-order chi connectivity index (χ0) is 15.2. The second kappa shape index (κ2) is 7.02. The summed E-state index contributed by atoms with van der Waals surface area (Å²) in [6.07, 6.45) is 6.87. The molecule has 1 saturated carbocycles. The van der Waals surface area contributed by atoms with Crippen LogP contribution in [-0.2, 0) is 4.79 Å². The van der Waals surface area contributed by atoms with Crippen molar-refractivity contribution < 1.29 is 19.1 Å². The molecule has 0 spiro atoms. The molecule has 4 nitrogen and oxygen atoms in total. The molecule has 1 aromatic rings. The van der Waals surface area contributed by atoms with Gasteiger partial charge in [-0.3, -0.25) is 4.79 Å². The lowest BCUT2D eigenvalue weighted by molar-refractivity contribution is -0.131. The lowest BCUT2D eigenvalue weighted by Crippen LogP contribution is -2.28. The van der Waals surface area contributed by atoms with Crippen LogP contribution in [0.3, 0.4) is 0 Å². The SMILES string of the molecule is O=C(O)/C=C/c1ccc(F)c(C(=O)NCCC2CCC2)c1. The second-order valence-electron chi connectivity index (χ2n) is 5.25. The molecule has 1 aliphatic rings. The van der Waals surface area contributed by atoms with Crippen LogP contribution in [0.25, 0.3) is 6.08 Å².